The Hall–Kier alpha value is -1.59. The van der Waals surface area contributed by atoms with Crippen LogP contribution in [0.4, 0.5) is 5.69 Å². The van der Waals surface area contributed by atoms with E-state index in [1.54, 1.807) is 0 Å². The molecule has 1 saturated heterocycles. The fraction of sp³-hybridized carbons (Fsp3) is 0.650. The van der Waals surface area contributed by atoms with Gasteiger partial charge in [-0.1, -0.05) is 19.8 Å². The molecule has 1 aromatic rings. The van der Waals surface area contributed by atoms with E-state index < -0.39 is 6.10 Å². The first-order valence-corrected chi connectivity index (χ1v) is 9.71. The Kier molecular flexibility index (Phi) is 6.32. The lowest BCUT2D eigenvalue weighted by atomic mass is 10.0. The van der Waals surface area contributed by atoms with Crippen molar-refractivity contribution >= 4 is 11.6 Å². The van der Waals surface area contributed by atoms with E-state index in [2.05, 4.69) is 22.0 Å². The normalized spacial score (nSPS) is 20.6. The Morgan fingerprint density at radius 3 is 2.40 bits per heavy atom. The summed E-state index contributed by atoms with van der Waals surface area (Å²) in [7, 11) is 0. The van der Waals surface area contributed by atoms with Crippen LogP contribution in [0.1, 0.15) is 43.0 Å². The summed E-state index contributed by atoms with van der Waals surface area (Å²) >= 11 is 0. The molecule has 1 aromatic carbocycles. The van der Waals surface area contributed by atoms with Crippen LogP contribution in [0.15, 0.2) is 24.3 Å². The lowest BCUT2D eigenvalue weighted by molar-refractivity contribution is 0.0840. The smallest absolute Gasteiger partial charge is 0.251 e. The van der Waals surface area contributed by atoms with Crippen LogP contribution in [0.5, 0.6) is 0 Å². The molecular weight excluding hydrogens is 314 g/mol. The van der Waals surface area contributed by atoms with Gasteiger partial charge in [0.2, 0.25) is 0 Å². The zero-order valence-corrected chi connectivity index (χ0v) is 15.3. The van der Waals surface area contributed by atoms with E-state index in [-0.39, 0.29) is 5.91 Å². The number of hydrogen-bond donors (Lipinski definition) is 2. The summed E-state index contributed by atoms with van der Waals surface area (Å²) in [5, 5.41) is 13.1. The van der Waals surface area contributed by atoms with Crippen molar-refractivity contribution in [2.24, 2.45) is 5.92 Å². The van der Waals surface area contributed by atoms with E-state index in [1.807, 2.05) is 24.3 Å². The average molecular weight is 345 g/mol. The quantitative estimate of drug-likeness (QED) is 0.829. The largest absolute Gasteiger partial charge is 0.391 e. The molecule has 0 aromatic heterocycles. The standard InChI is InChI=1S/C20H31N3O2/c1-2-22-11-13-23(14-12-22)18-9-7-17(8-10-18)20(25)21-15-19(24)16-5-3-4-6-16/h7-10,16,19,24H,2-6,11-15H2,1H3,(H,21,25). The number of carbonyl (C=O) groups excluding carboxylic acids is 1. The first-order chi connectivity index (χ1) is 12.2. The fourth-order valence-electron chi connectivity index (χ4n) is 3.95. The van der Waals surface area contributed by atoms with Crippen LogP contribution >= 0.6 is 0 Å². The minimum atomic E-state index is -0.416. The molecule has 2 aliphatic rings. The highest BCUT2D eigenvalue weighted by Gasteiger charge is 2.23. The minimum absolute atomic E-state index is 0.0978. The lowest BCUT2D eigenvalue weighted by Gasteiger charge is -2.35. The van der Waals surface area contributed by atoms with Crippen molar-refractivity contribution in [1.29, 1.82) is 0 Å². The molecule has 1 unspecified atom stereocenters. The van der Waals surface area contributed by atoms with Gasteiger partial charge in [0, 0.05) is 44.0 Å². The Morgan fingerprint density at radius 2 is 1.80 bits per heavy atom. The fourth-order valence-corrected chi connectivity index (χ4v) is 3.95. The zero-order valence-electron chi connectivity index (χ0n) is 15.3. The number of anilines is 1. The number of aliphatic hydroxyl groups excluding tert-OH is 1. The third kappa shape index (κ3) is 4.73. The molecule has 1 atom stereocenters. The highest BCUT2D eigenvalue weighted by molar-refractivity contribution is 5.94. The summed E-state index contributed by atoms with van der Waals surface area (Å²) in [5.41, 5.74) is 1.84. The molecule has 2 fully saturated rings. The number of nitrogens with one attached hydrogen (secondary N) is 1. The predicted octanol–water partition coefficient (Wildman–Crippen LogP) is 2.11. The molecule has 1 saturated carbocycles. The first-order valence-electron chi connectivity index (χ1n) is 9.71. The molecular formula is C20H31N3O2. The Bertz CT molecular complexity index is 547. The monoisotopic (exact) mass is 345 g/mol. The van der Waals surface area contributed by atoms with Crippen LogP contribution in [-0.4, -0.2) is 61.3 Å². The Balaban J connectivity index is 1.48. The molecule has 25 heavy (non-hydrogen) atoms. The van der Waals surface area contributed by atoms with Gasteiger partial charge in [-0.05, 0) is 49.6 Å². The van der Waals surface area contributed by atoms with Gasteiger partial charge in [0.05, 0.1) is 6.10 Å². The Morgan fingerprint density at radius 1 is 1.16 bits per heavy atom. The second-order valence-electron chi connectivity index (χ2n) is 7.29. The molecule has 0 bridgehead atoms. The maximum absolute atomic E-state index is 12.3. The van der Waals surface area contributed by atoms with Crippen molar-refractivity contribution in [3.63, 3.8) is 0 Å². The van der Waals surface area contributed by atoms with Gasteiger partial charge in [-0.2, -0.15) is 0 Å². The maximum Gasteiger partial charge on any atom is 0.251 e. The van der Waals surface area contributed by atoms with Crippen molar-refractivity contribution in [3.8, 4) is 0 Å². The van der Waals surface area contributed by atoms with Gasteiger partial charge < -0.3 is 20.2 Å². The van der Waals surface area contributed by atoms with E-state index in [0.29, 0.717) is 18.0 Å². The van der Waals surface area contributed by atoms with Crippen molar-refractivity contribution in [1.82, 2.24) is 10.2 Å². The summed E-state index contributed by atoms with van der Waals surface area (Å²) in [6, 6.07) is 7.84. The summed E-state index contributed by atoms with van der Waals surface area (Å²) in [4.78, 5) is 17.1. The molecule has 1 amide bonds. The molecule has 5 nitrogen and oxygen atoms in total. The average Bonchev–Trinajstić information content (AvgIpc) is 3.21. The summed E-state index contributed by atoms with van der Waals surface area (Å²) in [6.45, 7) is 7.92. The molecule has 1 heterocycles. The van der Waals surface area contributed by atoms with Crippen molar-refractivity contribution in [2.75, 3.05) is 44.2 Å². The number of carbonyl (C=O) groups is 1. The first kappa shape index (κ1) is 18.2. The van der Waals surface area contributed by atoms with Gasteiger partial charge in [-0.25, -0.2) is 0 Å². The molecule has 5 heteroatoms. The second-order valence-corrected chi connectivity index (χ2v) is 7.29. The molecule has 3 rings (SSSR count). The van der Waals surface area contributed by atoms with Crippen LogP contribution in [0, 0.1) is 5.92 Å². The number of rotatable bonds is 6. The zero-order chi connectivity index (χ0) is 17.6. The number of amides is 1. The van der Waals surface area contributed by atoms with Gasteiger partial charge in [-0.15, -0.1) is 0 Å². The van der Waals surface area contributed by atoms with Gasteiger partial charge >= 0.3 is 0 Å². The van der Waals surface area contributed by atoms with Crippen LogP contribution in [0.25, 0.3) is 0 Å². The number of aliphatic hydroxyl groups is 1. The van der Waals surface area contributed by atoms with Gasteiger partial charge in [0.1, 0.15) is 0 Å². The van der Waals surface area contributed by atoms with Gasteiger partial charge in [-0.3, -0.25) is 4.79 Å². The van der Waals surface area contributed by atoms with Crippen molar-refractivity contribution in [2.45, 2.75) is 38.7 Å². The third-order valence-corrected chi connectivity index (χ3v) is 5.73. The van der Waals surface area contributed by atoms with Crippen LogP contribution < -0.4 is 10.2 Å². The van der Waals surface area contributed by atoms with Crippen LogP contribution in [-0.2, 0) is 0 Å². The topological polar surface area (TPSA) is 55.8 Å². The van der Waals surface area contributed by atoms with E-state index in [0.717, 1.165) is 45.6 Å². The van der Waals surface area contributed by atoms with Crippen molar-refractivity contribution < 1.29 is 9.90 Å². The molecule has 0 radical (unpaired) electrons. The summed E-state index contributed by atoms with van der Waals surface area (Å²) in [5.74, 6) is 0.254. The number of nitrogens with zero attached hydrogens (tertiary/aromatic N) is 2. The number of piperazine rings is 1. The van der Waals surface area contributed by atoms with E-state index >= 15 is 0 Å². The Labute approximate surface area is 151 Å². The third-order valence-electron chi connectivity index (χ3n) is 5.73. The molecule has 1 aliphatic heterocycles. The summed E-state index contributed by atoms with van der Waals surface area (Å²) < 4.78 is 0. The SMILES string of the molecule is CCN1CCN(c2ccc(C(=O)NCC(O)C3CCCC3)cc2)CC1. The van der Waals surface area contributed by atoms with Gasteiger partial charge in [0.25, 0.3) is 5.91 Å². The maximum atomic E-state index is 12.3. The van der Waals surface area contributed by atoms with E-state index in [4.69, 9.17) is 0 Å². The summed E-state index contributed by atoms with van der Waals surface area (Å²) in [6.07, 6.45) is 4.14. The van der Waals surface area contributed by atoms with Gasteiger partial charge in [0.15, 0.2) is 0 Å². The minimum Gasteiger partial charge on any atom is -0.391 e. The second kappa shape index (κ2) is 8.68. The highest BCUT2D eigenvalue weighted by Crippen LogP contribution is 2.27. The van der Waals surface area contributed by atoms with E-state index in [1.165, 1.54) is 18.5 Å². The number of likely N-dealkylation sites (N-methyl/N-ethyl adjacent to an activating group) is 1. The molecule has 1 aliphatic carbocycles. The number of hydrogen-bond acceptors (Lipinski definition) is 4. The molecule has 2 N–H and O–H groups in total. The number of benzene rings is 1. The molecule has 138 valence electrons. The highest BCUT2D eigenvalue weighted by atomic mass is 16.3. The lowest BCUT2D eigenvalue weighted by Crippen LogP contribution is -2.46. The van der Waals surface area contributed by atoms with Crippen LogP contribution in [0.3, 0.4) is 0 Å². The van der Waals surface area contributed by atoms with Crippen molar-refractivity contribution in [3.05, 3.63) is 29.8 Å². The van der Waals surface area contributed by atoms with Crippen LogP contribution in [0.2, 0.25) is 0 Å². The predicted molar refractivity (Wildman–Crippen MR) is 101 cm³/mol. The molecule has 0 spiro atoms. The van der Waals surface area contributed by atoms with E-state index in [9.17, 15) is 9.90 Å².